The van der Waals surface area contributed by atoms with Crippen LogP contribution in [-0.2, 0) is 10.2 Å². The first-order valence-electron chi connectivity index (χ1n) is 9.94. The molecule has 0 aromatic heterocycles. The third kappa shape index (κ3) is 4.84. The van der Waals surface area contributed by atoms with Gasteiger partial charge in [0.2, 0.25) is 0 Å². The summed E-state index contributed by atoms with van der Waals surface area (Å²) in [6, 6.07) is 39.1. The fourth-order valence-corrected chi connectivity index (χ4v) is 4.17. The Labute approximate surface area is 225 Å². The first-order chi connectivity index (χ1) is 14.7. The van der Waals surface area contributed by atoms with E-state index in [2.05, 4.69) is 47.8 Å². The van der Waals surface area contributed by atoms with Gasteiger partial charge in [0.15, 0.2) is 0 Å². The van der Waals surface area contributed by atoms with Gasteiger partial charge in [-0.2, -0.15) is 0 Å². The Bertz CT molecular complexity index is 1020. The average molecular weight is 434 g/mol. The number of aliphatic carboxylic acids is 1. The van der Waals surface area contributed by atoms with E-state index in [9.17, 15) is 9.90 Å². The van der Waals surface area contributed by atoms with Gasteiger partial charge in [0.05, 0.1) is 5.41 Å². The van der Waals surface area contributed by atoms with Gasteiger partial charge in [-0.1, -0.05) is 109 Å². The fourth-order valence-electron chi connectivity index (χ4n) is 4.17. The van der Waals surface area contributed by atoms with E-state index in [4.69, 9.17) is 0 Å². The van der Waals surface area contributed by atoms with Crippen molar-refractivity contribution in [2.75, 3.05) is 11.9 Å². The van der Waals surface area contributed by atoms with E-state index >= 15 is 0 Å². The first kappa shape index (κ1) is 23.4. The van der Waals surface area contributed by atoms with Crippen molar-refractivity contribution in [2.24, 2.45) is 0 Å². The number of carboxylic acid groups (broad SMARTS) is 1. The van der Waals surface area contributed by atoms with Crippen LogP contribution in [0.1, 0.15) is 22.3 Å². The summed E-state index contributed by atoms with van der Waals surface area (Å²) in [5, 5.41) is 12.4. The van der Waals surface area contributed by atoms with Crippen LogP contribution in [0.3, 0.4) is 0 Å². The Morgan fingerprint density at radius 2 is 1.03 bits per heavy atom. The number of carboxylic acids is 1. The standard InChI is InChI=1S/C27H23NO2.K.H/c29-26(30)20-28-25-19-11-10-18-24(25)27(21-12-4-1-5-13-21,22-14-6-2-7-15-22)23-16-8-3-9-17-23;;/h1-19,28H,20H2,(H,29,30);;. The van der Waals surface area contributed by atoms with Crippen LogP contribution >= 0.6 is 0 Å². The number of nitrogens with one attached hydrogen (secondary N) is 1. The van der Waals surface area contributed by atoms with Gasteiger partial charge in [-0.3, -0.25) is 4.79 Å². The summed E-state index contributed by atoms with van der Waals surface area (Å²) in [5.41, 5.74) is 4.56. The SMILES string of the molecule is O=C(O)CNc1ccccc1C(c1ccccc1)(c1ccccc1)c1ccccc1.[KH]. The molecule has 0 aliphatic rings. The van der Waals surface area contributed by atoms with Crippen molar-refractivity contribution >= 4 is 63.0 Å². The van der Waals surface area contributed by atoms with Crippen molar-refractivity contribution in [1.82, 2.24) is 0 Å². The van der Waals surface area contributed by atoms with Gasteiger partial charge in [0.1, 0.15) is 6.54 Å². The molecule has 0 saturated heterocycles. The topological polar surface area (TPSA) is 49.3 Å². The zero-order valence-corrected chi connectivity index (χ0v) is 16.5. The Balaban J connectivity index is 0.00000272. The second-order valence-electron chi connectivity index (χ2n) is 7.14. The quantitative estimate of drug-likeness (QED) is 0.321. The average Bonchev–Trinajstić information content (AvgIpc) is 2.81. The van der Waals surface area contributed by atoms with Crippen molar-refractivity contribution < 1.29 is 9.90 Å². The summed E-state index contributed by atoms with van der Waals surface area (Å²) in [6.07, 6.45) is 0. The Hall–Kier alpha value is -2.21. The van der Waals surface area contributed by atoms with Crippen molar-refractivity contribution in [2.45, 2.75) is 5.41 Å². The predicted molar refractivity (Wildman–Crippen MR) is 128 cm³/mol. The molecule has 31 heavy (non-hydrogen) atoms. The molecule has 2 N–H and O–H groups in total. The van der Waals surface area contributed by atoms with Crippen molar-refractivity contribution in [3.05, 3.63) is 138 Å². The molecule has 4 rings (SSSR count). The van der Waals surface area contributed by atoms with Crippen LogP contribution in [0, 0.1) is 0 Å². The van der Waals surface area contributed by atoms with Crippen molar-refractivity contribution in [1.29, 1.82) is 0 Å². The van der Waals surface area contributed by atoms with Crippen molar-refractivity contribution in [3.8, 4) is 0 Å². The van der Waals surface area contributed by atoms with Crippen LogP contribution in [0.15, 0.2) is 115 Å². The molecule has 0 bridgehead atoms. The number of carbonyl (C=O) groups is 1. The molecule has 0 spiro atoms. The molecule has 0 aliphatic heterocycles. The van der Waals surface area contributed by atoms with E-state index in [1.54, 1.807) is 0 Å². The normalized spacial score (nSPS) is 10.7. The predicted octanol–water partition coefficient (Wildman–Crippen LogP) is 4.92. The monoisotopic (exact) mass is 433 g/mol. The van der Waals surface area contributed by atoms with Gasteiger partial charge < -0.3 is 10.4 Å². The molecule has 0 amide bonds. The van der Waals surface area contributed by atoms with Crippen LogP contribution < -0.4 is 5.32 Å². The Morgan fingerprint density at radius 1 is 0.645 bits per heavy atom. The van der Waals surface area contributed by atoms with Gasteiger partial charge in [-0.15, -0.1) is 0 Å². The number of para-hydroxylation sites is 1. The fraction of sp³-hybridized carbons (Fsp3) is 0.0741. The van der Waals surface area contributed by atoms with Crippen LogP contribution in [-0.4, -0.2) is 69.0 Å². The summed E-state index contributed by atoms with van der Waals surface area (Å²) in [4.78, 5) is 11.3. The summed E-state index contributed by atoms with van der Waals surface area (Å²) in [7, 11) is 0. The number of hydrogen-bond acceptors (Lipinski definition) is 2. The van der Waals surface area contributed by atoms with Crippen molar-refractivity contribution in [3.63, 3.8) is 0 Å². The Morgan fingerprint density at radius 3 is 1.45 bits per heavy atom. The van der Waals surface area contributed by atoms with E-state index in [-0.39, 0.29) is 57.9 Å². The maximum absolute atomic E-state index is 11.3. The second kappa shape index (κ2) is 10.9. The minimum absolute atomic E-state index is 0. The zero-order chi connectivity index (χ0) is 20.8. The number of hydrogen-bond donors (Lipinski definition) is 2. The number of benzene rings is 4. The summed E-state index contributed by atoms with van der Waals surface area (Å²) in [5.74, 6) is -0.894. The zero-order valence-electron chi connectivity index (χ0n) is 16.5. The van der Waals surface area contributed by atoms with Gasteiger partial charge >= 0.3 is 57.4 Å². The molecule has 3 nitrogen and oxygen atoms in total. The summed E-state index contributed by atoms with van der Waals surface area (Å²) < 4.78 is 0. The molecule has 0 unspecified atom stereocenters. The van der Waals surface area contributed by atoms with Gasteiger partial charge in [-0.25, -0.2) is 0 Å². The third-order valence-electron chi connectivity index (χ3n) is 5.38. The van der Waals surface area contributed by atoms with Crippen LogP contribution in [0.25, 0.3) is 0 Å². The summed E-state index contributed by atoms with van der Waals surface area (Å²) >= 11 is 0. The second-order valence-corrected chi connectivity index (χ2v) is 7.14. The van der Waals surface area contributed by atoms with Crippen LogP contribution in [0.5, 0.6) is 0 Å². The molecule has 0 saturated carbocycles. The minimum atomic E-state index is -0.894. The first-order valence-corrected chi connectivity index (χ1v) is 9.94. The van der Waals surface area contributed by atoms with Gasteiger partial charge in [0, 0.05) is 5.69 Å². The third-order valence-corrected chi connectivity index (χ3v) is 5.38. The number of rotatable bonds is 7. The number of anilines is 1. The van der Waals surface area contributed by atoms with E-state index in [0.717, 1.165) is 27.9 Å². The molecule has 4 aromatic carbocycles. The maximum atomic E-state index is 11.3. The molecular formula is C27H24KNO2. The molecular weight excluding hydrogens is 409 g/mol. The molecule has 0 fully saturated rings. The van der Waals surface area contributed by atoms with E-state index in [0.29, 0.717) is 0 Å². The van der Waals surface area contributed by atoms with Crippen LogP contribution in [0.4, 0.5) is 5.69 Å². The molecule has 0 radical (unpaired) electrons. The molecule has 0 atom stereocenters. The van der Waals surface area contributed by atoms with E-state index in [1.807, 2.05) is 72.8 Å². The molecule has 0 aliphatic carbocycles. The molecule has 4 heteroatoms. The van der Waals surface area contributed by atoms with Gasteiger partial charge in [-0.05, 0) is 28.3 Å². The van der Waals surface area contributed by atoms with Gasteiger partial charge in [0.25, 0.3) is 0 Å². The van der Waals surface area contributed by atoms with E-state index in [1.165, 1.54) is 0 Å². The van der Waals surface area contributed by atoms with Crippen LogP contribution in [0.2, 0.25) is 0 Å². The molecule has 4 aromatic rings. The summed E-state index contributed by atoms with van der Waals surface area (Å²) in [6.45, 7) is -0.147. The molecule has 0 heterocycles. The Kier molecular flexibility index (Phi) is 8.24. The molecule has 150 valence electrons. The van der Waals surface area contributed by atoms with E-state index < -0.39 is 11.4 Å².